The predicted molar refractivity (Wildman–Crippen MR) is 59.0 cm³/mol. The highest BCUT2D eigenvalue weighted by Crippen LogP contribution is 2.09. The Balaban J connectivity index is 3.84. The number of ether oxygens (including phenoxy) is 1. The molecule has 14 heavy (non-hydrogen) atoms. The molecule has 0 radical (unpaired) electrons. The number of rotatable bonds is 7. The summed E-state index contributed by atoms with van der Waals surface area (Å²) in [7, 11) is 0. The standard InChI is InChI=1S/C12H20O2/c1-5-7-8-9-11(6-2)14-12(13)10(3)4/h5-6,10-11H,1-2,7-9H2,3-4H3. The minimum atomic E-state index is -0.159. The summed E-state index contributed by atoms with van der Waals surface area (Å²) in [4.78, 5) is 11.3. The van der Waals surface area contributed by atoms with E-state index in [0.717, 1.165) is 19.3 Å². The van der Waals surface area contributed by atoms with Gasteiger partial charge in [-0.1, -0.05) is 32.6 Å². The molecule has 80 valence electrons. The smallest absolute Gasteiger partial charge is 0.308 e. The van der Waals surface area contributed by atoms with E-state index >= 15 is 0 Å². The summed E-state index contributed by atoms with van der Waals surface area (Å²) < 4.78 is 5.22. The second-order valence-corrected chi connectivity index (χ2v) is 3.59. The van der Waals surface area contributed by atoms with Crippen LogP contribution in [0.5, 0.6) is 0 Å². The molecule has 0 aliphatic carbocycles. The summed E-state index contributed by atoms with van der Waals surface area (Å²) in [6, 6.07) is 0. The minimum absolute atomic E-state index is 0.0724. The van der Waals surface area contributed by atoms with Crippen LogP contribution in [0.3, 0.4) is 0 Å². The van der Waals surface area contributed by atoms with Gasteiger partial charge in [0.15, 0.2) is 0 Å². The Morgan fingerprint density at radius 3 is 2.50 bits per heavy atom. The van der Waals surface area contributed by atoms with Crippen molar-refractivity contribution >= 4 is 5.97 Å². The highest BCUT2D eigenvalue weighted by molar-refractivity contribution is 5.71. The molecule has 0 aromatic rings. The van der Waals surface area contributed by atoms with Gasteiger partial charge in [-0.05, 0) is 19.3 Å². The number of carbonyl (C=O) groups is 1. The second-order valence-electron chi connectivity index (χ2n) is 3.59. The zero-order valence-corrected chi connectivity index (χ0v) is 9.16. The third-order valence-electron chi connectivity index (χ3n) is 1.90. The zero-order chi connectivity index (χ0) is 11.0. The van der Waals surface area contributed by atoms with Crippen molar-refractivity contribution < 1.29 is 9.53 Å². The van der Waals surface area contributed by atoms with E-state index in [1.54, 1.807) is 6.08 Å². The van der Waals surface area contributed by atoms with Crippen molar-refractivity contribution in [2.24, 2.45) is 5.92 Å². The summed E-state index contributed by atoms with van der Waals surface area (Å²) in [6.07, 6.45) is 6.15. The Kier molecular flexibility index (Phi) is 6.81. The first-order chi connectivity index (χ1) is 6.61. The van der Waals surface area contributed by atoms with Crippen molar-refractivity contribution in [3.8, 4) is 0 Å². The van der Waals surface area contributed by atoms with Crippen LogP contribution in [-0.2, 0) is 9.53 Å². The molecule has 1 unspecified atom stereocenters. The monoisotopic (exact) mass is 196 g/mol. The number of unbranched alkanes of at least 4 members (excludes halogenated alkanes) is 1. The fraction of sp³-hybridized carbons (Fsp3) is 0.583. The van der Waals surface area contributed by atoms with Crippen LogP contribution in [0, 0.1) is 5.92 Å². The number of allylic oxidation sites excluding steroid dienone is 1. The SMILES string of the molecule is C=CCCCC(C=C)OC(=O)C(C)C. The average Bonchev–Trinajstić information content (AvgIpc) is 2.16. The fourth-order valence-electron chi connectivity index (χ4n) is 0.974. The Bertz CT molecular complexity index is 194. The van der Waals surface area contributed by atoms with Crippen LogP contribution in [0.2, 0.25) is 0 Å². The summed E-state index contributed by atoms with van der Waals surface area (Å²) in [5, 5.41) is 0. The topological polar surface area (TPSA) is 26.3 Å². The van der Waals surface area contributed by atoms with Gasteiger partial charge < -0.3 is 4.74 Å². The number of esters is 1. The lowest BCUT2D eigenvalue weighted by Crippen LogP contribution is -2.19. The van der Waals surface area contributed by atoms with Crippen molar-refractivity contribution in [1.29, 1.82) is 0 Å². The van der Waals surface area contributed by atoms with Gasteiger partial charge in [-0.3, -0.25) is 4.79 Å². The third-order valence-corrected chi connectivity index (χ3v) is 1.90. The van der Waals surface area contributed by atoms with Crippen molar-refractivity contribution in [1.82, 2.24) is 0 Å². The predicted octanol–water partition coefficient (Wildman–Crippen LogP) is 3.10. The van der Waals surface area contributed by atoms with Gasteiger partial charge >= 0.3 is 5.97 Å². The lowest BCUT2D eigenvalue weighted by atomic mass is 10.1. The Morgan fingerprint density at radius 2 is 2.07 bits per heavy atom. The third kappa shape index (κ3) is 5.57. The molecule has 0 bridgehead atoms. The van der Waals surface area contributed by atoms with Crippen LogP contribution in [-0.4, -0.2) is 12.1 Å². The molecule has 0 heterocycles. The molecule has 0 aromatic heterocycles. The van der Waals surface area contributed by atoms with Crippen molar-refractivity contribution in [2.45, 2.75) is 39.2 Å². The molecule has 0 spiro atoms. The lowest BCUT2D eigenvalue weighted by Gasteiger charge is -2.14. The van der Waals surface area contributed by atoms with Crippen molar-refractivity contribution in [3.05, 3.63) is 25.3 Å². The molecule has 0 aliphatic rings. The lowest BCUT2D eigenvalue weighted by molar-refractivity contribution is -0.150. The molecule has 0 amide bonds. The molecule has 0 saturated carbocycles. The molecule has 0 saturated heterocycles. The zero-order valence-electron chi connectivity index (χ0n) is 9.16. The van der Waals surface area contributed by atoms with E-state index in [4.69, 9.17) is 4.74 Å². The van der Waals surface area contributed by atoms with E-state index in [9.17, 15) is 4.79 Å². The van der Waals surface area contributed by atoms with Gasteiger partial charge in [-0.2, -0.15) is 0 Å². The highest BCUT2D eigenvalue weighted by atomic mass is 16.5. The van der Waals surface area contributed by atoms with Gasteiger partial charge in [0.2, 0.25) is 0 Å². The molecule has 2 heteroatoms. The van der Waals surface area contributed by atoms with Gasteiger partial charge in [0.1, 0.15) is 6.10 Å². The Morgan fingerprint density at radius 1 is 1.43 bits per heavy atom. The average molecular weight is 196 g/mol. The minimum Gasteiger partial charge on any atom is -0.458 e. The number of hydrogen-bond acceptors (Lipinski definition) is 2. The van der Waals surface area contributed by atoms with E-state index in [1.807, 2.05) is 19.9 Å². The van der Waals surface area contributed by atoms with Gasteiger partial charge in [-0.15, -0.1) is 6.58 Å². The number of carbonyl (C=O) groups excluding carboxylic acids is 1. The summed E-state index contributed by atoms with van der Waals surface area (Å²) in [6.45, 7) is 10.9. The molecule has 2 nitrogen and oxygen atoms in total. The van der Waals surface area contributed by atoms with Crippen molar-refractivity contribution in [2.75, 3.05) is 0 Å². The van der Waals surface area contributed by atoms with Crippen LogP contribution in [0.25, 0.3) is 0 Å². The van der Waals surface area contributed by atoms with Crippen molar-refractivity contribution in [3.63, 3.8) is 0 Å². The van der Waals surface area contributed by atoms with E-state index in [2.05, 4.69) is 13.2 Å². The van der Waals surface area contributed by atoms with Crippen LogP contribution in [0.1, 0.15) is 33.1 Å². The first-order valence-electron chi connectivity index (χ1n) is 5.05. The molecule has 0 aromatic carbocycles. The fourth-order valence-corrected chi connectivity index (χ4v) is 0.974. The highest BCUT2D eigenvalue weighted by Gasteiger charge is 2.13. The van der Waals surface area contributed by atoms with E-state index < -0.39 is 0 Å². The van der Waals surface area contributed by atoms with Gasteiger partial charge in [0, 0.05) is 0 Å². The summed E-state index contributed by atoms with van der Waals surface area (Å²) >= 11 is 0. The largest absolute Gasteiger partial charge is 0.458 e. The van der Waals surface area contributed by atoms with Gasteiger partial charge in [-0.25, -0.2) is 0 Å². The van der Waals surface area contributed by atoms with Crippen LogP contribution < -0.4 is 0 Å². The summed E-state index contributed by atoms with van der Waals surface area (Å²) in [5.41, 5.74) is 0. The Hall–Kier alpha value is -1.05. The molecular weight excluding hydrogens is 176 g/mol. The Labute approximate surface area is 86.6 Å². The second kappa shape index (κ2) is 7.36. The first kappa shape index (κ1) is 12.9. The quantitative estimate of drug-likeness (QED) is 0.355. The maximum Gasteiger partial charge on any atom is 0.308 e. The molecule has 1 atom stereocenters. The van der Waals surface area contributed by atoms with Crippen LogP contribution >= 0.6 is 0 Å². The van der Waals surface area contributed by atoms with Gasteiger partial charge in [0.25, 0.3) is 0 Å². The van der Waals surface area contributed by atoms with E-state index in [0.29, 0.717) is 0 Å². The molecular formula is C12H20O2. The maximum absolute atomic E-state index is 11.3. The molecule has 0 fully saturated rings. The maximum atomic E-state index is 11.3. The molecule has 0 rings (SSSR count). The van der Waals surface area contributed by atoms with Crippen LogP contribution in [0.15, 0.2) is 25.3 Å². The van der Waals surface area contributed by atoms with Gasteiger partial charge in [0.05, 0.1) is 5.92 Å². The first-order valence-corrected chi connectivity index (χ1v) is 5.05. The summed E-state index contributed by atoms with van der Waals surface area (Å²) in [5.74, 6) is -0.231. The number of hydrogen-bond donors (Lipinski definition) is 0. The van der Waals surface area contributed by atoms with E-state index in [1.165, 1.54) is 0 Å². The van der Waals surface area contributed by atoms with Crippen LogP contribution in [0.4, 0.5) is 0 Å². The molecule has 0 N–H and O–H groups in total. The molecule has 0 aliphatic heterocycles. The normalized spacial score (nSPS) is 12.2. The van der Waals surface area contributed by atoms with E-state index in [-0.39, 0.29) is 18.0 Å².